The molecular weight excluding hydrogens is 342 g/mol. The number of methoxy groups -OCH3 is 1. The van der Waals surface area contributed by atoms with E-state index in [1.807, 2.05) is 18.2 Å². The number of nitrogens with two attached hydrogens (primary N) is 1. The third-order valence-electron chi connectivity index (χ3n) is 3.64. The van der Waals surface area contributed by atoms with Crippen LogP contribution in [0.15, 0.2) is 69.7 Å². The van der Waals surface area contributed by atoms with Gasteiger partial charge in [-0.05, 0) is 24.3 Å². The number of rotatable bonds is 4. The first-order chi connectivity index (χ1) is 11.9. The molecule has 0 aromatic heterocycles. The number of ether oxygens (including phenoxy) is 1. The number of nitrogens with zero attached hydrogens (tertiary/aromatic N) is 2. The molecule has 25 heavy (non-hydrogen) atoms. The van der Waals surface area contributed by atoms with Gasteiger partial charge >= 0.3 is 0 Å². The Kier molecular flexibility index (Phi) is 4.39. The van der Waals surface area contributed by atoms with E-state index in [1.54, 1.807) is 18.2 Å². The van der Waals surface area contributed by atoms with Crippen LogP contribution in [0, 0.1) is 0 Å². The molecule has 0 unspecified atom stereocenters. The second-order valence-electron chi connectivity index (χ2n) is 5.23. The molecule has 0 saturated carbocycles. The number of hydrogen-bond acceptors (Lipinski definition) is 6. The molecule has 0 atom stereocenters. The van der Waals surface area contributed by atoms with Gasteiger partial charge in [0.25, 0.3) is 10.1 Å². The van der Waals surface area contributed by atoms with Gasteiger partial charge < -0.3 is 10.5 Å². The van der Waals surface area contributed by atoms with Crippen molar-refractivity contribution in [1.82, 2.24) is 0 Å². The molecule has 128 valence electrons. The van der Waals surface area contributed by atoms with Crippen LogP contribution in [0.2, 0.25) is 0 Å². The van der Waals surface area contributed by atoms with E-state index >= 15 is 0 Å². The van der Waals surface area contributed by atoms with Crippen LogP contribution in [0.1, 0.15) is 0 Å². The first kappa shape index (κ1) is 16.9. The van der Waals surface area contributed by atoms with E-state index in [4.69, 9.17) is 10.5 Å². The molecule has 8 heteroatoms. The van der Waals surface area contributed by atoms with E-state index in [1.165, 1.54) is 25.3 Å². The van der Waals surface area contributed by atoms with Crippen LogP contribution in [0.3, 0.4) is 0 Å². The second-order valence-corrected chi connectivity index (χ2v) is 6.65. The van der Waals surface area contributed by atoms with Gasteiger partial charge in [0, 0.05) is 16.8 Å². The fourth-order valence-electron chi connectivity index (χ4n) is 2.40. The van der Waals surface area contributed by atoms with Crippen molar-refractivity contribution in [3.05, 3.63) is 54.6 Å². The monoisotopic (exact) mass is 357 g/mol. The lowest BCUT2D eigenvalue weighted by Crippen LogP contribution is -1.99. The van der Waals surface area contributed by atoms with Crippen molar-refractivity contribution in [3.63, 3.8) is 0 Å². The summed E-state index contributed by atoms with van der Waals surface area (Å²) in [5, 5.41) is 9.32. The van der Waals surface area contributed by atoms with E-state index in [0.29, 0.717) is 33.6 Å². The summed E-state index contributed by atoms with van der Waals surface area (Å²) in [6.45, 7) is 0. The minimum Gasteiger partial charge on any atom is -0.494 e. The van der Waals surface area contributed by atoms with Gasteiger partial charge in [-0.2, -0.15) is 13.5 Å². The summed E-state index contributed by atoms with van der Waals surface area (Å²) in [6, 6.07) is 14.7. The molecule has 3 N–H and O–H groups in total. The van der Waals surface area contributed by atoms with E-state index in [9.17, 15) is 13.0 Å². The van der Waals surface area contributed by atoms with Crippen LogP contribution in [0.5, 0.6) is 5.75 Å². The number of anilines is 1. The SMILES string of the molecule is COc1cc(N=Nc2ccccc2)c2cc(S(=O)(=O)O)ccc2c1N. The summed E-state index contributed by atoms with van der Waals surface area (Å²) < 4.78 is 37.4. The van der Waals surface area contributed by atoms with Crippen LogP contribution in [-0.2, 0) is 10.1 Å². The normalized spacial score (nSPS) is 11.9. The summed E-state index contributed by atoms with van der Waals surface area (Å²) in [4.78, 5) is -0.249. The Balaban J connectivity index is 2.24. The van der Waals surface area contributed by atoms with Crippen molar-refractivity contribution in [2.45, 2.75) is 4.90 Å². The summed E-state index contributed by atoms with van der Waals surface area (Å²) >= 11 is 0. The van der Waals surface area contributed by atoms with Gasteiger partial charge in [0.2, 0.25) is 0 Å². The lowest BCUT2D eigenvalue weighted by Gasteiger charge is -2.11. The lowest BCUT2D eigenvalue weighted by atomic mass is 10.1. The number of benzene rings is 3. The van der Waals surface area contributed by atoms with Crippen LogP contribution in [0.4, 0.5) is 17.1 Å². The summed E-state index contributed by atoms with van der Waals surface area (Å²) in [5.74, 6) is 0.397. The van der Waals surface area contributed by atoms with Crippen molar-refractivity contribution in [3.8, 4) is 5.75 Å². The predicted octanol–water partition coefficient (Wildman–Crippen LogP) is 4.09. The van der Waals surface area contributed by atoms with E-state index in [2.05, 4.69) is 10.2 Å². The Morgan fingerprint density at radius 2 is 1.72 bits per heavy atom. The largest absolute Gasteiger partial charge is 0.494 e. The van der Waals surface area contributed by atoms with Gasteiger partial charge in [-0.15, -0.1) is 5.11 Å². The molecule has 0 heterocycles. The summed E-state index contributed by atoms with van der Waals surface area (Å²) in [5.41, 5.74) is 7.41. The third-order valence-corrected chi connectivity index (χ3v) is 4.49. The topological polar surface area (TPSA) is 114 Å². The maximum Gasteiger partial charge on any atom is 0.294 e. The van der Waals surface area contributed by atoms with Crippen molar-refractivity contribution >= 4 is 38.0 Å². The van der Waals surface area contributed by atoms with Crippen molar-refractivity contribution in [1.29, 1.82) is 0 Å². The zero-order valence-corrected chi connectivity index (χ0v) is 14.1. The zero-order valence-electron chi connectivity index (χ0n) is 13.2. The highest BCUT2D eigenvalue weighted by atomic mass is 32.2. The standard InChI is InChI=1S/C17H15N3O4S/c1-24-16-10-15(20-19-11-5-3-2-4-6-11)14-9-12(25(21,22)23)7-8-13(14)17(16)18/h2-10H,18H2,1H3,(H,21,22,23). The molecule has 0 fully saturated rings. The molecule has 0 aliphatic rings. The first-order valence-corrected chi connectivity index (χ1v) is 8.68. The molecule has 0 bridgehead atoms. The maximum atomic E-state index is 11.4. The lowest BCUT2D eigenvalue weighted by molar-refractivity contribution is 0.417. The van der Waals surface area contributed by atoms with Gasteiger partial charge in [0.1, 0.15) is 5.75 Å². The fourth-order valence-corrected chi connectivity index (χ4v) is 2.91. The van der Waals surface area contributed by atoms with Crippen LogP contribution < -0.4 is 10.5 Å². The maximum absolute atomic E-state index is 11.4. The fraction of sp³-hybridized carbons (Fsp3) is 0.0588. The first-order valence-electron chi connectivity index (χ1n) is 7.24. The van der Waals surface area contributed by atoms with E-state index in [-0.39, 0.29) is 4.90 Å². The Morgan fingerprint density at radius 3 is 2.36 bits per heavy atom. The number of hydrogen-bond donors (Lipinski definition) is 2. The molecule has 0 spiro atoms. The molecule has 3 aromatic rings. The van der Waals surface area contributed by atoms with Crippen molar-refractivity contribution in [2.24, 2.45) is 10.2 Å². The zero-order chi connectivity index (χ0) is 18.0. The Bertz CT molecular complexity index is 1060. The second kappa shape index (κ2) is 6.50. The average molecular weight is 357 g/mol. The van der Waals surface area contributed by atoms with E-state index in [0.717, 1.165) is 0 Å². The average Bonchev–Trinajstić information content (AvgIpc) is 2.61. The molecular formula is C17H15N3O4S. The summed E-state index contributed by atoms with van der Waals surface area (Å²) in [6.07, 6.45) is 0. The van der Waals surface area contributed by atoms with E-state index < -0.39 is 10.1 Å². The smallest absolute Gasteiger partial charge is 0.294 e. The third kappa shape index (κ3) is 3.44. The minimum atomic E-state index is -4.35. The molecule has 0 aliphatic carbocycles. The van der Waals surface area contributed by atoms with Crippen LogP contribution in [0.25, 0.3) is 10.8 Å². The van der Waals surface area contributed by atoms with Gasteiger partial charge in [-0.25, -0.2) is 0 Å². The quantitative estimate of drug-likeness (QED) is 0.414. The van der Waals surface area contributed by atoms with Crippen molar-refractivity contribution < 1.29 is 17.7 Å². The number of nitrogen functional groups attached to an aromatic ring is 1. The number of azo groups is 1. The predicted molar refractivity (Wildman–Crippen MR) is 95.3 cm³/mol. The molecule has 0 amide bonds. The Labute approximate surface area is 144 Å². The van der Waals surface area contributed by atoms with Crippen LogP contribution >= 0.6 is 0 Å². The van der Waals surface area contributed by atoms with Gasteiger partial charge in [-0.3, -0.25) is 4.55 Å². The summed E-state index contributed by atoms with van der Waals surface area (Å²) in [7, 11) is -2.88. The van der Waals surface area contributed by atoms with Crippen LogP contribution in [-0.4, -0.2) is 20.1 Å². The Hall–Kier alpha value is -2.97. The number of fused-ring (bicyclic) bond motifs is 1. The highest BCUT2D eigenvalue weighted by Gasteiger charge is 2.15. The highest BCUT2D eigenvalue weighted by molar-refractivity contribution is 7.85. The van der Waals surface area contributed by atoms with Gasteiger partial charge in [0.15, 0.2) is 0 Å². The molecule has 0 aliphatic heterocycles. The molecule has 3 aromatic carbocycles. The van der Waals surface area contributed by atoms with Crippen molar-refractivity contribution in [2.75, 3.05) is 12.8 Å². The minimum absolute atomic E-state index is 0.249. The Morgan fingerprint density at radius 1 is 1.00 bits per heavy atom. The highest BCUT2D eigenvalue weighted by Crippen LogP contribution is 2.39. The molecule has 7 nitrogen and oxygen atoms in total. The molecule has 3 rings (SSSR count). The van der Waals surface area contributed by atoms with Gasteiger partial charge in [0.05, 0.1) is 29.1 Å². The van der Waals surface area contributed by atoms with Gasteiger partial charge in [-0.1, -0.05) is 24.3 Å². The molecule has 0 saturated heterocycles. The molecule has 0 radical (unpaired) electrons.